The molecule has 1 aliphatic carbocycles. The first-order chi connectivity index (χ1) is 15.5. The van der Waals surface area contributed by atoms with Gasteiger partial charge in [-0.05, 0) is 49.1 Å². The third-order valence-electron chi connectivity index (χ3n) is 6.18. The third-order valence-corrected chi connectivity index (χ3v) is 6.18. The normalized spacial score (nSPS) is 13.8. The molecule has 166 valence electrons. The molecule has 3 aromatic rings. The standard InChI is InChI=1S/C25H28N4O3/c1-16-13-17(23-21(15-30)24(26)29(28-23)19-7-3-4-8-19)11-12-18(16)14-27-25(31)20-9-5-6-10-22(20)32-2/h5-6,9-13,15,19H,3-4,7-8,14,26H2,1-2H3,(H,27,31). The molecule has 3 N–H and O–H groups in total. The SMILES string of the molecule is COc1ccccc1C(=O)NCc1ccc(-c2nn(C3CCCC3)c(N)c2C=O)cc1C. The number of hydrogen-bond donors (Lipinski definition) is 2. The van der Waals surface area contributed by atoms with Crippen molar-refractivity contribution in [3.63, 3.8) is 0 Å². The molecule has 1 aromatic heterocycles. The molecule has 1 fully saturated rings. The lowest BCUT2D eigenvalue weighted by atomic mass is 10.0. The highest BCUT2D eigenvalue weighted by atomic mass is 16.5. The van der Waals surface area contributed by atoms with Gasteiger partial charge in [0.2, 0.25) is 0 Å². The second-order valence-corrected chi connectivity index (χ2v) is 8.17. The van der Waals surface area contributed by atoms with Gasteiger partial charge in [-0.25, -0.2) is 4.68 Å². The molecular formula is C25H28N4O3. The lowest BCUT2D eigenvalue weighted by molar-refractivity contribution is 0.0947. The Kier molecular flexibility index (Phi) is 6.25. The summed E-state index contributed by atoms with van der Waals surface area (Å²) in [4.78, 5) is 24.4. The molecule has 7 heteroatoms. The van der Waals surface area contributed by atoms with Gasteiger partial charge >= 0.3 is 0 Å². The van der Waals surface area contributed by atoms with Crippen molar-refractivity contribution in [2.45, 2.75) is 45.2 Å². The van der Waals surface area contributed by atoms with Crippen molar-refractivity contribution in [2.75, 3.05) is 12.8 Å². The smallest absolute Gasteiger partial charge is 0.255 e. The summed E-state index contributed by atoms with van der Waals surface area (Å²) in [6, 6.07) is 13.2. The number of nitrogens with two attached hydrogens (primary N) is 1. The zero-order valence-corrected chi connectivity index (χ0v) is 18.4. The number of benzene rings is 2. The maximum absolute atomic E-state index is 12.6. The van der Waals surface area contributed by atoms with Gasteiger partial charge < -0.3 is 15.8 Å². The van der Waals surface area contributed by atoms with Crippen molar-refractivity contribution >= 4 is 18.0 Å². The van der Waals surface area contributed by atoms with Gasteiger partial charge in [0.25, 0.3) is 5.91 Å². The number of ether oxygens (including phenoxy) is 1. The number of aldehydes is 1. The average Bonchev–Trinajstić information content (AvgIpc) is 3.45. The van der Waals surface area contributed by atoms with Crippen LogP contribution in [-0.2, 0) is 6.54 Å². The van der Waals surface area contributed by atoms with Crippen LogP contribution in [0, 0.1) is 6.92 Å². The van der Waals surface area contributed by atoms with Gasteiger partial charge in [-0.2, -0.15) is 5.10 Å². The predicted molar refractivity (Wildman–Crippen MR) is 124 cm³/mol. The number of carbonyl (C=O) groups excluding carboxylic acids is 2. The Labute approximate surface area is 187 Å². The number of amides is 1. The van der Waals surface area contributed by atoms with Crippen LogP contribution in [0.15, 0.2) is 42.5 Å². The Balaban J connectivity index is 1.54. The number of methoxy groups -OCH3 is 1. The molecule has 4 rings (SSSR count). The summed E-state index contributed by atoms with van der Waals surface area (Å²) < 4.78 is 7.09. The second-order valence-electron chi connectivity index (χ2n) is 8.17. The number of anilines is 1. The summed E-state index contributed by atoms with van der Waals surface area (Å²) in [7, 11) is 1.54. The quantitative estimate of drug-likeness (QED) is 0.542. The predicted octanol–water partition coefficient (Wildman–Crippen LogP) is 4.31. The first kappa shape index (κ1) is 21.6. The zero-order valence-electron chi connectivity index (χ0n) is 18.4. The highest BCUT2D eigenvalue weighted by Crippen LogP contribution is 2.35. The van der Waals surface area contributed by atoms with Crippen LogP contribution in [0.5, 0.6) is 5.75 Å². The number of nitrogens with one attached hydrogen (secondary N) is 1. The Morgan fingerprint density at radius 1 is 1.25 bits per heavy atom. The van der Waals surface area contributed by atoms with Crippen LogP contribution >= 0.6 is 0 Å². The van der Waals surface area contributed by atoms with Crippen molar-refractivity contribution in [2.24, 2.45) is 0 Å². The summed E-state index contributed by atoms with van der Waals surface area (Å²) in [5, 5.41) is 7.66. The van der Waals surface area contributed by atoms with Crippen LogP contribution in [0.25, 0.3) is 11.3 Å². The van der Waals surface area contributed by atoms with Crippen LogP contribution in [-0.4, -0.2) is 29.1 Å². The Morgan fingerprint density at radius 2 is 2.00 bits per heavy atom. The zero-order chi connectivity index (χ0) is 22.7. The van der Waals surface area contributed by atoms with E-state index in [1.54, 1.807) is 25.3 Å². The summed E-state index contributed by atoms with van der Waals surface area (Å²) in [6.07, 6.45) is 5.18. The molecule has 0 spiro atoms. The lowest BCUT2D eigenvalue weighted by Crippen LogP contribution is -2.23. The van der Waals surface area contributed by atoms with Gasteiger partial charge in [-0.3, -0.25) is 9.59 Å². The van der Waals surface area contributed by atoms with E-state index in [4.69, 9.17) is 15.6 Å². The molecule has 1 amide bonds. The van der Waals surface area contributed by atoms with Crippen LogP contribution < -0.4 is 15.8 Å². The fraction of sp³-hybridized carbons (Fsp3) is 0.320. The largest absolute Gasteiger partial charge is 0.496 e. The molecule has 2 aromatic carbocycles. The molecule has 0 radical (unpaired) electrons. The maximum atomic E-state index is 12.6. The van der Waals surface area contributed by atoms with Crippen molar-refractivity contribution < 1.29 is 14.3 Å². The lowest BCUT2D eigenvalue weighted by Gasteiger charge is -2.12. The first-order valence-corrected chi connectivity index (χ1v) is 10.9. The van der Waals surface area contributed by atoms with E-state index in [0.717, 1.165) is 48.7 Å². The molecule has 1 aliphatic rings. The number of nitrogens with zero attached hydrogens (tertiary/aromatic N) is 2. The van der Waals surface area contributed by atoms with Gasteiger partial charge in [0.1, 0.15) is 17.3 Å². The van der Waals surface area contributed by atoms with E-state index < -0.39 is 0 Å². The van der Waals surface area contributed by atoms with Gasteiger partial charge in [-0.15, -0.1) is 0 Å². The van der Waals surface area contributed by atoms with E-state index in [2.05, 4.69) is 5.32 Å². The van der Waals surface area contributed by atoms with E-state index in [9.17, 15) is 9.59 Å². The number of para-hydroxylation sites is 1. The Hall–Kier alpha value is -3.61. The Morgan fingerprint density at radius 3 is 2.69 bits per heavy atom. The molecule has 7 nitrogen and oxygen atoms in total. The highest BCUT2D eigenvalue weighted by Gasteiger charge is 2.24. The number of hydrogen-bond acceptors (Lipinski definition) is 5. The molecular weight excluding hydrogens is 404 g/mol. The van der Waals surface area contributed by atoms with Crippen molar-refractivity contribution in [3.05, 3.63) is 64.7 Å². The molecule has 0 unspecified atom stereocenters. The van der Waals surface area contributed by atoms with E-state index in [-0.39, 0.29) is 11.9 Å². The summed E-state index contributed by atoms with van der Waals surface area (Å²) in [6.45, 7) is 2.36. The summed E-state index contributed by atoms with van der Waals surface area (Å²) in [5.41, 5.74) is 10.6. The van der Waals surface area contributed by atoms with Gasteiger partial charge in [0.05, 0.1) is 24.3 Å². The minimum atomic E-state index is -0.197. The maximum Gasteiger partial charge on any atom is 0.255 e. The minimum absolute atomic E-state index is 0.197. The van der Waals surface area contributed by atoms with Crippen molar-refractivity contribution in [1.82, 2.24) is 15.1 Å². The molecule has 0 bridgehead atoms. The van der Waals surface area contributed by atoms with Crippen LogP contribution in [0.1, 0.15) is 63.6 Å². The van der Waals surface area contributed by atoms with Gasteiger partial charge in [0.15, 0.2) is 6.29 Å². The van der Waals surface area contributed by atoms with Gasteiger partial charge in [-0.1, -0.05) is 37.1 Å². The van der Waals surface area contributed by atoms with Crippen LogP contribution in [0.2, 0.25) is 0 Å². The summed E-state index contributed by atoms with van der Waals surface area (Å²) >= 11 is 0. The number of aryl methyl sites for hydroxylation is 1. The minimum Gasteiger partial charge on any atom is -0.496 e. The van der Waals surface area contributed by atoms with E-state index in [1.165, 1.54) is 0 Å². The average molecular weight is 433 g/mol. The van der Waals surface area contributed by atoms with Crippen molar-refractivity contribution in [3.8, 4) is 17.0 Å². The number of rotatable bonds is 7. The number of carbonyl (C=O) groups is 2. The molecule has 1 heterocycles. The fourth-order valence-corrected chi connectivity index (χ4v) is 4.36. The van der Waals surface area contributed by atoms with Crippen molar-refractivity contribution in [1.29, 1.82) is 0 Å². The van der Waals surface area contributed by atoms with Crippen LogP contribution in [0.3, 0.4) is 0 Å². The molecule has 0 saturated heterocycles. The van der Waals surface area contributed by atoms with Crippen LogP contribution in [0.4, 0.5) is 5.82 Å². The fourth-order valence-electron chi connectivity index (χ4n) is 4.36. The first-order valence-electron chi connectivity index (χ1n) is 10.9. The topological polar surface area (TPSA) is 99.2 Å². The number of aromatic nitrogens is 2. The highest BCUT2D eigenvalue weighted by molar-refractivity contribution is 5.97. The molecule has 0 atom stereocenters. The summed E-state index contributed by atoms with van der Waals surface area (Å²) in [5.74, 6) is 0.777. The van der Waals surface area contributed by atoms with Gasteiger partial charge in [0, 0.05) is 12.1 Å². The second kappa shape index (κ2) is 9.26. The number of nitrogen functional groups attached to an aromatic ring is 1. The molecule has 0 aliphatic heterocycles. The molecule has 1 saturated carbocycles. The monoisotopic (exact) mass is 432 g/mol. The van der Waals surface area contributed by atoms with E-state index in [1.807, 2.05) is 35.9 Å². The van der Waals surface area contributed by atoms with E-state index >= 15 is 0 Å². The van der Waals surface area contributed by atoms with E-state index in [0.29, 0.717) is 34.9 Å². The third kappa shape index (κ3) is 4.10. The Bertz CT molecular complexity index is 1150. The molecule has 32 heavy (non-hydrogen) atoms.